The van der Waals surface area contributed by atoms with Crippen molar-refractivity contribution in [3.05, 3.63) is 18.2 Å². The SMILES string of the molecule is CN(C)CCN1CCN(c2ccc(N)c(N)c2)CC1. The molecule has 0 radical (unpaired) electrons. The molecule has 5 nitrogen and oxygen atoms in total. The number of likely N-dealkylation sites (N-methyl/N-ethyl adjacent to an activating group) is 1. The van der Waals surface area contributed by atoms with Crippen LogP contribution in [0.2, 0.25) is 0 Å². The second-order valence-corrected chi connectivity index (χ2v) is 5.45. The fraction of sp³-hybridized carbons (Fsp3) is 0.571. The fourth-order valence-corrected chi connectivity index (χ4v) is 2.33. The molecule has 0 spiro atoms. The number of anilines is 3. The third-order valence-corrected chi connectivity index (χ3v) is 3.67. The minimum absolute atomic E-state index is 0.661. The summed E-state index contributed by atoms with van der Waals surface area (Å²) in [6, 6.07) is 5.93. The van der Waals surface area contributed by atoms with Crippen molar-refractivity contribution in [3.8, 4) is 0 Å². The van der Waals surface area contributed by atoms with Crippen LogP contribution >= 0.6 is 0 Å². The second-order valence-electron chi connectivity index (χ2n) is 5.45. The smallest absolute Gasteiger partial charge is 0.0568 e. The molecule has 5 heteroatoms. The van der Waals surface area contributed by atoms with E-state index in [0.29, 0.717) is 11.4 Å². The molecule has 106 valence electrons. The molecule has 0 bridgehead atoms. The van der Waals surface area contributed by atoms with Gasteiger partial charge >= 0.3 is 0 Å². The van der Waals surface area contributed by atoms with Gasteiger partial charge in [0, 0.05) is 45.0 Å². The Bertz CT molecular complexity index is 410. The first-order chi connectivity index (χ1) is 9.06. The molecule has 0 saturated carbocycles. The molecule has 0 unspecified atom stereocenters. The van der Waals surface area contributed by atoms with Gasteiger partial charge in [-0.25, -0.2) is 0 Å². The molecule has 4 N–H and O–H groups in total. The van der Waals surface area contributed by atoms with Gasteiger partial charge in [0.05, 0.1) is 11.4 Å². The molecule has 0 atom stereocenters. The van der Waals surface area contributed by atoms with E-state index in [2.05, 4.69) is 34.9 Å². The standard InChI is InChI=1S/C14H25N5/c1-17(2)5-6-18-7-9-19(10-8-18)12-3-4-13(15)14(16)11-12/h3-4,11H,5-10,15-16H2,1-2H3. The number of piperazine rings is 1. The number of hydrogen-bond donors (Lipinski definition) is 2. The minimum atomic E-state index is 0.661. The Morgan fingerprint density at radius 3 is 2.32 bits per heavy atom. The van der Waals surface area contributed by atoms with Crippen molar-refractivity contribution in [1.82, 2.24) is 9.80 Å². The van der Waals surface area contributed by atoms with E-state index in [-0.39, 0.29) is 0 Å². The van der Waals surface area contributed by atoms with Crippen LogP contribution in [0, 0.1) is 0 Å². The van der Waals surface area contributed by atoms with Crippen molar-refractivity contribution in [2.24, 2.45) is 0 Å². The Morgan fingerprint density at radius 2 is 1.74 bits per heavy atom. The Balaban J connectivity index is 1.87. The number of rotatable bonds is 4. The summed E-state index contributed by atoms with van der Waals surface area (Å²) < 4.78 is 0. The highest BCUT2D eigenvalue weighted by molar-refractivity contribution is 5.69. The molecular weight excluding hydrogens is 238 g/mol. The van der Waals surface area contributed by atoms with Gasteiger partial charge in [-0.3, -0.25) is 4.90 Å². The highest BCUT2D eigenvalue weighted by Crippen LogP contribution is 2.23. The molecule has 1 aliphatic heterocycles. The van der Waals surface area contributed by atoms with E-state index in [1.165, 1.54) is 5.69 Å². The molecule has 19 heavy (non-hydrogen) atoms. The van der Waals surface area contributed by atoms with Gasteiger partial charge in [-0.2, -0.15) is 0 Å². The number of benzene rings is 1. The zero-order valence-corrected chi connectivity index (χ0v) is 12.0. The van der Waals surface area contributed by atoms with Gasteiger partial charge in [0.1, 0.15) is 0 Å². The van der Waals surface area contributed by atoms with E-state index in [1.807, 2.05) is 12.1 Å². The van der Waals surface area contributed by atoms with E-state index < -0.39 is 0 Å². The quantitative estimate of drug-likeness (QED) is 0.776. The van der Waals surface area contributed by atoms with Gasteiger partial charge in [0.15, 0.2) is 0 Å². The van der Waals surface area contributed by atoms with Gasteiger partial charge in [0.2, 0.25) is 0 Å². The van der Waals surface area contributed by atoms with Crippen molar-refractivity contribution in [2.45, 2.75) is 0 Å². The predicted molar refractivity (Wildman–Crippen MR) is 82.5 cm³/mol. The Labute approximate surface area is 115 Å². The molecule has 1 aromatic rings. The normalized spacial score (nSPS) is 17.1. The van der Waals surface area contributed by atoms with Crippen molar-refractivity contribution >= 4 is 17.1 Å². The predicted octanol–water partition coefficient (Wildman–Crippen LogP) is 0.535. The van der Waals surface area contributed by atoms with Crippen LogP contribution in [0.4, 0.5) is 17.1 Å². The fourth-order valence-electron chi connectivity index (χ4n) is 2.33. The molecule has 2 rings (SSSR count). The Morgan fingerprint density at radius 1 is 1.05 bits per heavy atom. The number of nitrogen functional groups attached to an aromatic ring is 2. The summed E-state index contributed by atoms with van der Waals surface area (Å²) in [6.07, 6.45) is 0. The van der Waals surface area contributed by atoms with Crippen LogP contribution in [-0.4, -0.2) is 63.2 Å². The maximum Gasteiger partial charge on any atom is 0.0568 e. The summed E-state index contributed by atoms with van der Waals surface area (Å²) in [5.41, 5.74) is 14.1. The lowest BCUT2D eigenvalue weighted by molar-refractivity contribution is 0.229. The van der Waals surface area contributed by atoms with E-state index in [9.17, 15) is 0 Å². The third kappa shape index (κ3) is 3.75. The Hall–Kier alpha value is -1.46. The van der Waals surface area contributed by atoms with Gasteiger partial charge in [-0.05, 0) is 32.3 Å². The lowest BCUT2D eigenvalue weighted by Crippen LogP contribution is -2.48. The molecule has 1 aliphatic rings. The molecule has 1 fully saturated rings. The maximum atomic E-state index is 5.87. The molecular formula is C14H25N5. The summed E-state index contributed by atoms with van der Waals surface area (Å²) in [5, 5.41) is 0. The van der Waals surface area contributed by atoms with Crippen LogP contribution in [0.3, 0.4) is 0 Å². The minimum Gasteiger partial charge on any atom is -0.397 e. The largest absolute Gasteiger partial charge is 0.397 e. The zero-order chi connectivity index (χ0) is 13.8. The van der Waals surface area contributed by atoms with Crippen molar-refractivity contribution in [3.63, 3.8) is 0 Å². The van der Waals surface area contributed by atoms with Gasteiger partial charge in [-0.1, -0.05) is 0 Å². The first-order valence-electron chi connectivity index (χ1n) is 6.83. The van der Waals surface area contributed by atoms with Crippen molar-refractivity contribution < 1.29 is 0 Å². The van der Waals surface area contributed by atoms with Crippen LogP contribution < -0.4 is 16.4 Å². The summed E-state index contributed by atoms with van der Waals surface area (Å²) in [7, 11) is 4.24. The van der Waals surface area contributed by atoms with Crippen LogP contribution in [0.5, 0.6) is 0 Å². The van der Waals surface area contributed by atoms with Crippen LogP contribution in [0.25, 0.3) is 0 Å². The first kappa shape index (κ1) is 14.0. The highest BCUT2D eigenvalue weighted by Gasteiger charge is 2.17. The van der Waals surface area contributed by atoms with E-state index in [1.54, 1.807) is 0 Å². The maximum absolute atomic E-state index is 5.87. The molecule has 1 saturated heterocycles. The summed E-state index contributed by atoms with van der Waals surface area (Å²) in [6.45, 7) is 6.59. The van der Waals surface area contributed by atoms with Crippen LogP contribution in [0.15, 0.2) is 18.2 Å². The topological polar surface area (TPSA) is 61.8 Å². The van der Waals surface area contributed by atoms with Crippen LogP contribution in [0.1, 0.15) is 0 Å². The first-order valence-corrected chi connectivity index (χ1v) is 6.83. The summed E-state index contributed by atoms with van der Waals surface area (Å²) >= 11 is 0. The number of nitrogens with zero attached hydrogens (tertiary/aromatic N) is 3. The lowest BCUT2D eigenvalue weighted by Gasteiger charge is -2.36. The summed E-state index contributed by atoms with van der Waals surface area (Å²) in [5.74, 6) is 0. The highest BCUT2D eigenvalue weighted by atomic mass is 15.3. The average molecular weight is 263 g/mol. The van der Waals surface area contributed by atoms with Crippen LogP contribution in [-0.2, 0) is 0 Å². The van der Waals surface area contributed by atoms with Crippen molar-refractivity contribution in [2.75, 3.05) is 69.7 Å². The molecule has 0 aliphatic carbocycles. The van der Waals surface area contributed by atoms with E-state index >= 15 is 0 Å². The number of hydrogen-bond acceptors (Lipinski definition) is 5. The van der Waals surface area contributed by atoms with E-state index in [4.69, 9.17) is 11.5 Å². The lowest BCUT2D eigenvalue weighted by atomic mass is 10.2. The average Bonchev–Trinajstić information content (AvgIpc) is 2.40. The number of nitrogens with two attached hydrogens (primary N) is 2. The van der Waals surface area contributed by atoms with Gasteiger partial charge in [-0.15, -0.1) is 0 Å². The second kappa shape index (κ2) is 6.12. The van der Waals surface area contributed by atoms with E-state index in [0.717, 1.165) is 39.3 Å². The molecule has 0 amide bonds. The van der Waals surface area contributed by atoms with Gasteiger partial charge < -0.3 is 21.3 Å². The summed E-state index contributed by atoms with van der Waals surface area (Å²) in [4.78, 5) is 7.12. The van der Waals surface area contributed by atoms with Crippen molar-refractivity contribution in [1.29, 1.82) is 0 Å². The zero-order valence-electron chi connectivity index (χ0n) is 12.0. The Kier molecular flexibility index (Phi) is 4.50. The molecule has 1 heterocycles. The molecule has 1 aromatic carbocycles. The van der Waals surface area contributed by atoms with Gasteiger partial charge in [0.25, 0.3) is 0 Å². The third-order valence-electron chi connectivity index (χ3n) is 3.67. The monoisotopic (exact) mass is 263 g/mol. The molecule has 0 aromatic heterocycles.